The summed E-state index contributed by atoms with van der Waals surface area (Å²) >= 11 is 0. The van der Waals surface area contributed by atoms with Gasteiger partial charge in [0.05, 0.1) is 6.61 Å². The van der Waals surface area contributed by atoms with Crippen molar-refractivity contribution in [2.45, 2.75) is 84.8 Å². The van der Waals surface area contributed by atoms with Crippen molar-refractivity contribution >= 4 is 5.91 Å². The van der Waals surface area contributed by atoms with Gasteiger partial charge in [-0.05, 0) is 18.9 Å². The Morgan fingerprint density at radius 1 is 0.900 bits per heavy atom. The van der Waals surface area contributed by atoms with E-state index < -0.39 is 0 Å². The number of carbonyl (C=O) groups is 1. The van der Waals surface area contributed by atoms with Gasteiger partial charge in [-0.15, -0.1) is 0 Å². The minimum atomic E-state index is -0.168. The highest BCUT2D eigenvalue weighted by molar-refractivity contribution is 5.93. The van der Waals surface area contributed by atoms with Crippen LogP contribution in [0.5, 0.6) is 0 Å². The molecule has 0 atom stereocenters. The van der Waals surface area contributed by atoms with Crippen LogP contribution in [0.3, 0.4) is 0 Å². The van der Waals surface area contributed by atoms with Crippen molar-refractivity contribution in [1.29, 1.82) is 0 Å². The highest BCUT2D eigenvalue weighted by Crippen LogP contribution is 2.03. The molecule has 1 aromatic rings. The van der Waals surface area contributed by atoms with E-state index >= 15 is 0 Å². The van der Waals surface area contributed by atoms with E-state index in [1.54, 1.807) is 12.3 Å². The first kappa shape index (κ1) is 28.8. The highest BCUT2D eigenvalue weighted by Gasteiger charge is 2.10. The average Bonchev–Trinajstić information content (AvgIpc) is 2.74. The molecule has 0 bridgehead atoms. The number of nitrogens with one attached hydrogen (secondary N) is 1. The van der Waals surface area contributed by atoms with Gasteiger partial charge < -0.3 is 31.9 Å². The fourth-order valence-corrected chi connectivity index (χ4v) is 2.90. The number of hydrogen-bond acceptors (Lipinski definition) is 4. The van der Waals surface area contributed by atoms with Crippen molar-refractivity contribution in [3.8, 4) is 0 Å². The van der Waals surface area contributed by atoms with Crippen molar-refractivity contribution in [2.24, 2.45) is 0 Å². The maximum Gasteiger partial charge on any atom is 0.259 e. The number of ether oxygens (including phenoxy) is 3. The molecule has 0 fully saturated rings. The minimum Gasteiger partial charge on any atom is -1.00 e. The fourth-order valence-electron chi connectivity index (χ4n) is 2.90. The van der Waals surface area contributed by atoms with Crippen LogP contribution in [-0.2, 0) is 20.9 Å². The topological polar surface area (TPSA) is 60.7 Å². The predicted molar refractivity (Wildman–Crippen MR) is 114 cm³/mol. The van der Waals surface area contributed by atoms with E-state index in [1.807, 2.05) is 16.8 Å². The second kappa shape index (κ2) is 21.0. The summed E-state index contributed by atoms with van der Waals surface area (Å²) < 4.78 is 18.3. The summed E-state index contributed by atoms with van der Waals surface area (Å²) in [6.45, 7) is 6.67. The Balaban J connectivity index is 0.00000841. The standard InChI is InChI=1S/C23H40N2O4.ClH/c1-3-5-7-9-11-16-27-20-25-15-13-14-22(18-25)23(26)24-19-29-21-28-17-12-10-8-6-4-2;/h13-15,18H,3-12,16-17,19-21H2,1-2H3;1H. The molecule has 0 aromatic carbocycles. The summed E-state index contributed by atoms with van der Waals surface area (Å²) in [7, 11) is 0. The molecule has 7 heteroatoms. The Bertz CT molecular complexity index is 532. The smallest absolute Gasteiger partial charge is 0.259 e. The number of carbonyl (C=O) groups excluding carboxylic acids is 1. The van der Waals surface area contributed by atoms with Gasteiger partial charge in [0.2, 0.25) is 0 Å². The van der Waals surface area contributed by atoms with E-state index in [2.05, 4.69) is 19.2 Å². The molecule has 0 spiro atoms. The number of aromatic nitrogens is 1. The van der Waals surface area contributed by atoms with E-state index in [9.17, 15) is 4.79 Å². The number of pyridine rings is 1. The fraction of sp³-hybridized carbons (Fsp3) is 0.739. The van der Waals surface area contributed by atoms with Gasteiger partial charge in [-0.2, -0.15) is 4.57 Å². The zero-order valence-corrected chi connectivity index (χ0v) is 19.6. The van der Waals surface area contributed by atoms with Gasteiger partial charge in [0.15, 0.2) is 12.4 Å². The Hall–Kier alpha value is -1.21. The van der Waals surface area contributed by atoms with Crippen LogP contribution >= 0.6 is 0 Å². The van der Waals surface area contributed by atoms with E-state index in [0.29, 0.717) is 18.9 Å². The molecule has 0 saturated carbocycles. The molecule has 174 valence electrons. The van der Waals surface area contributed by atoms with Crippen molar-refractivity contribution in [2.75, 3.05) is 26.7 Å². The lowest BCUT2D eigenvalue weighted by atomic mass is 10.2. The number of unbranched alkanes of at least 4 members (excludes halogenated alkanes) is 8. The van der Waals surface area contributed by atoms with Crippen LogP contribution < -0.4 is 22.3 Å². The molecule has 1 amide bonds. The van der Waals surface area contributed by atoms with Crippen molar-refractivity contribution in [1.82, 2.24) is 5.32 Å². The summed E-state index contributed by atoms with van der Waals surface area (Å²) in [4.78, 5) is 12.2. The lowest BCUT2D eigenvalue weighted by Gasteiger charge is -2.07. The molecule has 0 aliphatic heterocycles. The Labute approximate surface area is 189 Å². The Kier molecular flexibility index (Phi) is 20.2. The van der Waals surface area contributed by atoms with Crippen LogP contribution in [0, 0.1) is 0 Å². The molecule has 1 heterocycles. The molecule has 0 aliphatic rings. The van der Waals surface area contributed by atoms with E-state index in [4.69, 9.17) is 14.2 Å². The van der Waals surface area contributed by atoms with E-state index in [-0.39, 0.29) is 31.8 Å². The van der Waals surface area contributed by atoms with Crippen LogP contribution in [0.15, 0.2) is 24.5 Å². The van der Waals surface area contributed by atoms with Gasteiger partial charge in [0.1, 0.15) is 19.1 Å². The van der Waals surface area contributed by atoms with Gasteiger partial charge in [0.25, 0.3) is 12.6 Å². The zero-order chi connectivity index (χ0) is 21.0. The molecule has 0 radical (unpaired) electrons. The maximum absolute atomic E-state index is 12.2. The monoisotopic (exact) mass is 444 g/mol. The average molecular weight is 445 g/mol. The second-order valence-electron chi connectivity index (χ2n) is 7.35. The summed E-state index contributed by atoms with van der Waals surface area (Å²) in [5.74, 6) is -0.168. The SMILES string of the molecule is CCCCCCCOCOCNC(=O)c1ccc[n+](COCCCCCCC)c1.[Cl-]. The molecular weight excluding hydrogens is 404 g/mol. The van der Waals surface area contributed by atoms with Crippen LogP contribution in [-0.4, -0.2) is 32.6 Å². The number of hydrogen-bond donors (Lipinski definition) is 1. The summed E-state index contributed by atoms with van der Waals surface area (Å²) in [5.41, 5.74) is 0.583. The molecule has 0 saturated heterocycles. The first-order chi connectivity index (χ1) is 14.3. The molecule has 1 rings (SSSR count). The maximum atomic E-state index is 12.2. The van der Waals surface area contributed by atoms with Gasteiger partial charge >= 0.3 is 0 Å². The minimum absolute atomic E-state index is 0. The van der Waals surface area contributed by atoms with Crippen LogP contribution in [0.4, 0.5) is 0 Å². The first-order valence-electron chi connectivity index (χ1n) is 11.3. The molecule has 0 aliphatic carbocycles. The summed E-state index contributed by atoms with van der Waals surface area (Å²) in [6.07, 6.45) is 15.8. The third kappa shape index (κ3) is 15.6. The predicted octanol–water partition coefficient (Wildman–Crippen LogP) is 1.57. The third-order valence-corrected chi connectivity index (χ3v) is 4.65. The lowest BCUT2D eigenvalue weighted by Crippen LogP contribution is -3.00. The van der Waals surface area contributed by atoms with Gasteiger partial charge in [-0.25, -0.2) is 0 Å². The number of rotatable bonds is 19. The van der Waals surface area contributed by atoms with E-state index in [0.717, 1.165) is 19.4 Å². The van der Waals surface area contributed by atoms with Crippen LogP contribution in [0.25, 0.3) is 0 Å². The Morgan fingerprint density at radius 3 is 2.20 bits per heavy atom. The highest BCUT2D eigenvalue weighted by atomic mass is 35.5. The summed E-state index contributed by atoms with van der Waals surface area (Å²) in [6, 6.07) is 3.63. The molecule has 1 N–H and O–H groups in total. The summed E-state index contributed by atoms with van der Waals surface area (Å²) in [5, 5.41) is 2.75. The third-order valence-electron chi connectivity index (χ3n) is 4.65. The van der Waals surface area contributed by atoms with Gasteiger partial charge in [0, 0.05) is 12.7 Å². The molecule has 0 unspecified atom stereocenters. The quantitative estimate of drug-likeness (QED) is 0.200. The largest absolute Gasteiger partial charge is 1.00 e. The second-order valence-corrected chi connectivity index (χ2v) is 7.35. The van der Waals surface area contributed by atoms with Gasteiger partial charge in [-0.3, -0.25) is 4.79 Å². The number of amides is 1. The lowest BCUT2D eigenvalue weighted by molar-refractivity contribution is -0.732. The van der Waals surface area contributed by atoms with Crippen molar-refractivity contribution < 1.29 is 36.0 Å². The van der Waals surface area contributed by atoms with E-state index in [1.165, 1.54) is 51.4 Å². The van der Waals surface area contributed by atoms with Crippen molar-refractivity contribution in [3.05, 3.63) is 30.1 Å². The number of nitrogens with zero attached hydrogens (tertiary/aromatic N) is 1. The van der Waals surface area contributed by atoms with Crippen molar-refractivity contribution in [3.63, 3.8) is 0 Å². The number of halogens is 1. The molecule has 1 aromatic heterocycles. The van der Waals surface area contributed by atoms with Crippen LogP contribution in [0.2, 0.25) is 0 Å². The van der Waals surface area contributed by atoms with Gasteiger partial charge in [-0.1, -0.05) is 65.2 Å². The van der Waals surface area contributed by atoms with Crippen LogP contribution in [0.1, 0.15) is 88.4 Å². The normalized spacial score (nSPS) is 10.6. The Morgan fingerprint density at radius 2 is 1.53 bits per heavy atom. The zero-order valence-electron chi connectivity index (χ0n) is 18.9. The molecule has 6 nitrogen and oxygen atoms in total. The first-order valence-corrected chi connectivity index (χ1v) is 11.3. The molecule has 30 heavy (non-hydrogen) atoms. The molecular formula is C23H41ClN2O4.